The second kappa shape index (κ2) is 7.62. The Kier molecular flexibility index (Phi) is 4.05. The van der Waals surface area contributed by atoms with Crippen LogP contribution in [0.2, 0.25) is 0 Å². The van der Waals surface area contributed by atoms with Crippen molar-refractivity contribution >= 4 is 65.6 Å². The van der Waals surface area contributed by atoms with E-state index in [0.717, 1.165) is 33.3 Å². The third-order valence-corrected chi connectivity index (χ3v) is 8.09. The van der Waals surface area contributed by atoms with Crippen molar-refractivity contribution in [3.05, 3.63) is 133 Å². The molecule has 0 saturated carbocycles. The summed E-state index contributed by atoms with van der Waals surface area (Å²) in [4.78, 5) is 0. The fourth-order valence-corrected chi connectivity index (χ4v) is 6.46. The summed E-state index contributed by atoms with van der Waals surface area (Å²) in [6.07, 6.45) is 0. The summed E-state index contributed by atoms with van der Waals surface area (Å²) in [5.74, 6) is 0. The molecule has 0 fully saturated rings. The van der Waals surface area contributed by atoms with Gasteiger partial charge in [0.1, 0.15) is 11.2 Å². The fraction of sp³-hybridized carbons (Fsp3) is 0. The van der Waals surface area contributed by atoms with Gasteiger partial charge in [-0.15, -0.1) is 0 Å². The van der Waals surface area contributed by atoms with Crippen LogP contribution >= 0.6 is 0 Å². The van der Waals surface area contributed by atoms with Gasteiger partial charge in [0.2, 0.25) is 0 Å². The highest BCUT2D eigenvalue weighted by molar-refractivity contribution is 6.25. The summed E-state index contributed by atoms with van der Waals surface area (Å²) in [5.41, 5.74) is 8.92. The van der Waals surface area contributed by atoms with Gasteiger partial charge in [0, 0.05) is 43.7 Å². The first-order chi connectivity index (χ1) is 19.4. The van der Waals surface area contributed by atoms with Gasteiger partial charge < -0.3 is 13.6 Å². The van der Waals surface area contributed by atoms with E-state index in [9.17, 15) is 0 Å². The lowest BCUT2D eigenvalue weighted by Crippen LogP contribution is -1.98. The molecule has 3 nitrogen and oxygen atoms in total. The Morgan fingerprint density at radius 2 is 0.923 bits per heavy atom. The quantitative estimate of drug-likeness (QED) is 0.233. The first kappa shape index (κ1) is 20.7. The highest BCUT2D eigenvalue weighted by Crippen LogP contribution is 2.43. The van der Waals surface area contributed by atoms with E-state index in [-0.39, 0.29) is 0 Å². The van der Waals surface area contributed by atoms with Crippen LogP contribution in [0.5, 0.6) is 0 Å². The van der Waals surface area contributed by atoms with Crippen molar-refractivity contribution in [1.29, 1.82) is 0 Å². The van der Waals surface area contributed by atoms with Crippen molar-refractivity contribution in [2.75, 3.05) is 0 Å². The standard InChI is InChI=1S/C36H22N2O/c1-3-11-23(12-4-1)37-31-17-9-7-15-25(31)27-19-20-28-29-22-34-30(26-16-8-10-18-33(26)39-34)21-32(29)38(36(28)35(27)37)24-13-5-2-6-14-24/h1-22H. The molecule has 0 N–H and O–H groups in total. The molecule has 3 heteroatoms. The Morgan fingerprint density at radius 3 is 1.64 bits per heavy atom. The Bertz CT molecular complexity index is 2370. The molecule has 0 aliphatic carbocycles. The largest absolute Gasteiger partial charge is 0.456 e. The van der Waals surface area contributed by atoms with Crippen molar-refractivity contribution in [3.63, 3.8) is 0 Å². The average Bonchev–Trinajstić information content (AvgIpc) is 3.64. The van der Waals surface area contributed by atoms with Gasteiger partial charge in [0.05, 0.1) is 22.1 Å². The molecule has 6 aromatic carbocycles. The molecule has 0 unspecified atom stereocenters. The van der Waals surface area contributed by atoms with Crippen LogP contribution in [0, 0.1) is 0 Å². The highest BCUT2D eigenvalue weighted by Gasteiger charge is 2.22. The minimum atomic E-state index is 0.916. The van der Waals surface area contributed by atoms with Crippen LogP contribution in [0.25, 0.3) is 76.9 Å². The predicted octanol–water partition coefficient (Wildman–Crippen LogP) is 9.78. The molecule has 0 bridgehead atoms. The van der Waals surface area contributed by atoms with Gasteiger partial charge >= 0.3 is 0 Å². The second-order valence-corrected chi connectivity index (χ2v) is 10.2. The number of furan rings is 1. The number of para-hydroxylation sites is 4. The van der Waals surface area contributed by atoms with Crippen LogP contribution in [0.3, 0.4) is 0 Å². The van der Waals surface area contributed by atoms with Crippen molar-refractivity contribution in [2.24, 2.45) is 0 Å². The van der Waals surface area contributed by atoms with Gasteiger partial charge in [-0.05, 0) is 48.5 Å². The number of aromatic nitrogens is 2. The van der Waals surface area contributed by atoms with E-state index < -0.39 is 0 Å². The Labute approximate surface area is 223 Å². The van der Waals surface area contributed by atoms with E-state index in [1.54, 1.807) is 0 Å². The zero-order chi connectivity index (χ0) is 25.5. The van der Waals surface area contributed by atoms with Gasteiger partial charge in [-0.3, -0.25) is 0 Å². The third kappa shape index (κ3) is 2.76. The van der Waals surface area contributed by atoms with E-state index >= 15 is 0 Å². The number of hydrogen-bond acceptors (Lipinski definition) is 1. The van der Waals surface area contributed by atoms with Crippen LogP contribution in [0.4, 0.5) is 0 Å². The van der Waals surface area contributed by atoms with E-state index in [1.807, 2.05) is 12.1 Å². The lowest BCUT2D eigenvalue weighted by atomic mass is 10.1. The maximum atomic E-state index is 6.34. The Hall–Kier alpha value is -5.28. The van der Waals surface area contributed by atoms with Gasteiger partial charge in [0.25, 0.3) is 0 Å². The molecule has 39 heavy (non-hydrogen) atoms. The zero-order valence-corrected chi connectivity index (χ0v) is 21.0. The summed E-state index contributed by atoms with van der Waals surface area (Å²) < 4.78 is 11.2. The van der Waals surface area contributed by atoms with Crippen molar-refractivity contribution in [2.45, 2.75) is 0 Å². The third-order valence-electron chi connectivity index (χ3n) is 8.09. The van der Waals surface area contributed by atoms with Gasteiger partial charge in [-0.1, -0.05) is 84.9 Å². The summed E-state index contributed by atoms with van der Waals surface area (Å²) in [6.45, 7) is 0. The molecule has 0 amide bonds. The maximum absolute atomic E-state index is 6.34. The minimum Gasteiger partial charge on any atom is -0.456 e. The van der Waals surface area contributed by atoms with Gasteiger partial charge in [0.15, 0.2) is 0 Å². The maximum Gasteiger partial charge on any atom is 0.136 e. The summed E-state index contributed by atoms with van der Waals surface area (Å²) in [7, 11) is 0. The molecular formula is C36H22N2O. The van der Waals surface area contributed by atoms with E-state index in [0.29, 0.717) is 0 Å². The molecule has 9 aromatic rings. The molecule has 0 aliphatic rings. The van der Waals surface area contributed by atoms with Gasteiger partial charge in [-0.25, -0.2) is 0 Å². The normalized spacial score (nSPS) is 12.1. The minimum absolute atomic E-state index is 0.916. The van der Waals surface area contributed by atoms with E-state index in [1.165, 1.54) is 43.6 Å². The summed E-state index contributed by atoms with van der Waals surface area (Å²) >= 11 is 0. The van der Waals surface area contributed by atoms with Crippen molar-refractivity contribution in [1.82, 2.24) is 9.13 Å². The smallest absolute Gasteiger partial charge is 0.136 e. The molecular weight excluding hydrogens is 476 g/mol. The van der Waals surface area contributed by atoms with Crippen LogP contribution in [0.1, 0.15) is 0 Å². The molecule has 3 heterocycles. The number of fused-ring (bicyclic) bond motifs is 10. The fourth-order valence-electron chi connectivity index (χ4n) is 6.46. The molecule has 0 spiro atoms. The molecule has 0 saturated heterocycles. The highest BCUT2D eigenvalue weighted by atomic mass is 16.3. The molecule has 3 aromatic heterocycles. The van der Waals surface area contributed by atoms with Gasteiger partial charge in [-0.2, -0.15) is 0 Å². The van der Waals surface area contributed by atoms with Crippen LogP contribution < -0.4 is 0 Å². The molecule has 9 rings (SSSR count). The number of nitrogens with zero attached hydrogens (tertiary/aromatic N) is 2. The van der Waals surface area contributed by atoms with Crippen molar-refractivity contribution < 1.29 is 4.42 Å². The molecule has 182 valence electrons. The average molecular weight is 499 g/mol. The molecule has 0 aliphatic heterocycles. The van der Waals surface area contributed by atoms with Crippen LogP contribution in [-0.4, -0.2) is 9.13 Å². The first-order valence-electron chi connectivity index (χ1n) is 13.3. The molecule has 0 atom stereocenters. The predicted molar refractivity (Wildman–Crippen MR) is 162 cm³/mol. The topological polar surface area (TPSA) is 23.0 Å². The number of benzene rings is 6. The Morgan fingerprint density at radius 1 is 0.359 bits per heavy atom. The zero-order valence-electron chi connectivity index (χ0n) is 21.0. The lowest BCUT2D eigenvalue weighted by Gasteiger charge is -2.12. The molecule has 0 radical (unpaired) electrons. The second-order valence-electron chi connectivity index (χ2n) is 10.2. The SMILES string of the molecule is c1ccc(-n2c3ccccc3c3ccc4c5cc6oc7ccccc7c6cc5n(-c5ccccc5)c4c32)cc1. The van der Waals surface area contributed by atoms with Crippen molar-refractivity contribution in [3.8, 4) is 11.4 Å². The first-order valence-corrected chi connectivity index (χ1v) is 13.3. The number of rotatable bonds is 2. The lowest BCUT2D eigenvalue weighted by molar-refractivity contribution is 0.669. The monoisotopic (exact) mass is 498 g/mol. The van der Waals surface area contributed by atoms with E-state index in [2.05, 4.69) is 130 Å². The van der Waals surface area contributed by atoms with E-state index in [4.69, 9.17) is 4.42 Å². The summed E-state index contributed by atoms with van der Waals surface area (Å²) in [6, 6.07) is 47.5. The van der Waals surface area contributed by atoms with Crippen LogP contribution in [0.15, 0.2) is 138 Å². The number of hydrogen-bond donors (Lipinski definition) is 0. The van der Waals surface area contributed by atoms with Crippen LogP contribution in [-0.2, 0) is 0 Å². The Balaban J connectivity index is 1.57. The summed E-state index contributed by atoms with van der Waals surface area (Å²) in [5, 5.41) is 7.18.